The van der Waals surface area contributed by atoms with E-state index in [9.17, 15) is 8.42 Å². The number of nitrogens with zero attached hydrogens (tertiary/aromatic N) is 1. The van der Waals surface area contributed by atoms with Crippen LogP contribution in [0.4, 0.5) is 0 Å². The highest BCUT2D eigenvalue weighted by atomic mass is 35.5. The van der Waals surface area contributed by atoms with Crippen molar-refractivity contribution >= 4 is 32.7 Å². The molecular weight excluding hydrogens is 336 g/mol. The summed E-state index contributed by atoms with van der Waals surface area (Å²) in [6, 6.07) is 1.58. The maximum absolute atomic E-state index is 13.0. The standard InChI is InChI=1S/C15H21ClN4O2S/c1-10-4-2-3-6-15(10,9-17)20-23(21,22)12-8-19-14-13(12)11(16)5-7-18-14/h5,7-8,10,20H,2-4,6,9,17H2,1H3,(H,18,19). The van der Waals surface area contributed by atoms with Gasteiger partial charge in [0.2, 0.25) is 10.0 Å². The fourth-order valence-corrected chi connectivity index (χ4v) is 5.46. The number of sulfonamides is 1. The first kappa shape index (κ1) is 16.7. The number of aromatic nitrogens is 2. The van der Waals surface area contributed by atoms with Crippen LogP contribution in [-0.4, -0.2) is 30.5 Å². The second-order valence-electron chi connectivity index (χ2n) is 6.28. The van der Waals surface area contributed by atoms with Crippen molar-refractivity contribution in [1.29, 1.82) is 0 Å². The minimum Gasteiger partial charge on any atom is -0.345 e. The Morgan fingerprint density at radius 3 is 3.00 bits per heavy atom. The fourth-order valence-electron chi connectivity index (χ4n) is 3.43. The molecule has 1 aliphatic carbocycles. The van der Waals surface area contributed by atoms with Crippen molar-refractivity contribution in [2.45, 2.75) is 43.0 Å². The van der Waals surface area contributed by atoms with Crippen LogP contribution in [0, 0.1) is 5.92 Å². The molecule has 0 spiro atoms. The van der Waals surface area contributed by atoms with E-state index in [4.69, 9.17) is 17.3 Å². The predicted octanol–water partition coefficient (Wildman–Crippen LogP) is 2.40. The van der Waals surface area contributed by atoms with Crippen LogP contribution in [0.5, 0.6) is 0 Å². The van der Waals surface area contributed by atoms with Crippen LogP contribution in [0.3, 0.4) is 0 Å². The Labute approximate surface area is 140 Å². The molecule has 6 nitrogen and oxygen atoms in total. The van der Waals surface area contributed by atoms with Crippen molar-refractivity contribution in [3.8, 4) is 0 Å². The Bertz CT molecular complexity index is 820. The van der Waals surface area contributed by atoms with E-state index in [2.05, 4.69) is 21.6 Å². The number of aromatic amines is 1. The molecule has 0 aromatic carbocycles. The topological polar surface area (TPSA) is 101 Å². The van der Waals surface area contributed by atoms with Crippen LogP contribution in [-0.2, 0) is 10.0 Å². The molecule has 0 radical (unpaired) electrons. The Balaban J connectivity index is 2.04. The zero-order valence-corrected chi connectivity index (χ0v) is 14.5. The van der Waals surface area contributed by atoms with Gasteiger partial charge in [0.25, 0.3) is 0 Å². The first-order valence-electron chi connectivity index (χ1n) is 7.75. The molecule has 4 N–H and O–H groups in total. The van der Waals surface area contributed by atoms with Crippen molar-refractivity contribution in [1.82, 2.24) is 14.7 Å². The quantitative estimate of drug-likeness (QED) is 0.782. The molecule has 0 bridgehead atoms. The molecule has 2 heterocycles. The summed E-state index contributed by atoms with van der Waals surface area (Å²) >= 11 is 6.17. The lowest BCUT2D eigenvalue weighted by Gasteiger charge is -2.42. The second-order valence-corrected chi connectivity index (χ2v) is 8.34. The maximum Gasteiger partial charge on any atom is 0.243 e. The van der Waals surface area contributed by atoms with Crippen LogP contribution in [0.25, 0.3) is 11.0 Å². The van der Waals surface area contributed by atoms with Gasteiger partial charge >= 0.3 is 0 Å². The molecule has 0 amide bonds. The third kappa shape index (κ3) is 2.87. The Morgan fingerprint density at radius 2 is 2.30 bits per heavy atom. The first-order chi connectivity index (χ1) is 10.9. The Hall–Kier alpha value is -1.15. The van der Waals surface area contributed by atoms with Crippen molar-refractivity contribution in [3.63, 3.8) is 0 Å². The summed E-state index contributed by atoms with van der Waals surface area (Å²) in [6.07, 6.45) is 6.76. The summed E-state index contributed by atoms with van der Waals surface area (Å²) < 4.78 is 28.8. The number of pyridine rings is 1. The van der Waals surface area contributed by atoms with Crippen LogP contribution in [0.1, 0.15) is 32.6 Å². The summed E-state index contributed by atoms with van der Waals surface area (Å²) in [5.74, 6) is 0.190. The van der Waals surface area contributed by atoms with E-state index in [1.54, 1.807) is 6.07 Å². The number of nitrogens with one attached hydrogen (secondary N) is 2. The molecule has 2 unspecified atom stereocenters. The molecule has 1 aliphatic rings. The Morgan fingerprint density at radius 1 is 1.52 bits per heavy atom. The zero-order chi connectivity index (χ0) is 16.7. The van der Waals surface area contributed by atoms with Gasteiger partial charge in [0.05, 0.1) is 10.4 Å². The van der Waals surface area contributed by atoms with Gasteiger partial charge in [-0.25, -0.2) is 18.1 Å². The fraction of sp³-hybridized carbons (Fsp3) is 0.533. The average Bonchev–Trinajstić information content (AvgIpc) is 2.96. The van der Waals surface area contributed by atoms with E-state index in [1.165, 1.54) is 12.4 Å². The normalized spacial score (nSPS) is 25.8. The number of rotatable bonds is 4. The highest BCUT2D eigenvalue weighted by Gasteiger charge is 2.41. The van der Waals surface area contributed by atoms with Gasteiger partial charge in [-0.1, -0.05) is 31.4 Å². The summed E-state index contributed by atoms with van der Waals surface area (Å²) in [6.45, 7) is 2.33. The molecule has 1 saturated carbocycles. The van der Waals surface area contributed by atoms with Crippen LogP contribution >= 0.6 is 11.6 Å². The molecule has 1 fully saturated rings. The molecule has 0 saturated heterocycles. The summed E-state index contributed by atoms with van der Waals surface area (Å²) in [5.41, 5.74) is 5.81. The van der Waals surface area contributed by atoms with Gasteiger partial charge < -0.3 is 10.7 Å². The molecular formula is C15H21ClN4O2S. The van der Waals surface area contributed by atoms with Crippen LogP contribution < -0.4 is 10.5 Å². The summed E-state index contributed by atoms with van der Waals surface area (Å²) in [7, 11) is -3.75. The molecule has 3 rings (SSSR count). The van der Waals surface area contributed by atoms with Crippen molar-refractivity contribution in [2.75, 3.05) is 6.54 Å². The lowest BCUT2D eigenvalue weighted by atomic mass is 9.74. The molecule has 2 atom stereocenters. The van der Waals surface area contributed by atoms with E-state index in [-0.39, 0.29) is 17.4 Å². The van der Waals surface area contributed by atoms with Crippen molar-refractivity contribution in [2.24, 2.45) is 11.7 Å². The van der Waals surface area contributed by atoms with Gasteiger partial charge in [-0.15, -0.1) is 0 Å². The zero-order valence-electron chi connectivity index (χ0n) is 13.0. The van der Waals surface area contributed by atoms with E-state index in [0.29, 0.717) is 16.1 Å². The lowest BCUT2D eigenvalue weighted by molar-refractivity contribution is 0.191. The maximum atomic E-state index is 13.0. The molecule has 8 heteroatoms. The van der Waals surface area contributed by atoms with Gasteiger partial charge in [-0.3, -0.25) is 0 Å². The third-order valence-corrected chi connectivity index (χ3v) is 6.82. The van der Waals surface area contributed by atoms with Gasteiger partial charge in [-0.2, -0.15) is 0 Å². The predicted molar refractivity (Wildman–Crippen MR) is 90.8 cm³/mol. The molecule has 23 heavy (non-hydrogen) atoms. The van der Waals surface area contributed by atoms with Crippen molar-refractivity contribution < 1.29 is 8.42 Å². The largest absolute Gasteiger partial charge is 0.345 e. The van der Waals surface area contributed by atoms with Gasteiger partial charge in [0.15, 0.2) is 0 Å². The number of hydrogen-bond acceptors (Lipinski definition) is 4. The van der Waals surface area contributed by atoms with Gasteiger partial charge in [0.1, 0.15) is 10.5 Å². The molecule has 0 aliphatic heterocycles. The third-order valence-electron chi connectivity index (χ3n) is 4.93. The van der Waals surface area contributed by atoms with E-state index < -0.39 is 15.6 Å². The molecule has 2 aromatic heterocycles. The molecule has 126 valence electrons. The Kier molecular flexibility index (Phi) is 4.39. The smallest absolute Gasteiger partial charge is 0.243 e. The monoisotopic (exact) mass is 356 g/mol. The molecule has 2 aromatic rings. The second kappa shape index (κ2) is 6.05. The average molecular weight is 357 g/mol. The minimum absolute atomic E-state index is 0.121. The first-order valence-corrected chi connectivity index (χ1v) is 9.61. The number of fused-ring (bicyclic) bond motifs is 1. The number of halogens is 1. The van der Waals surface area contributed by atoms with E-state index >= 15 is 0 Å². The van der Waals surface area contributed by atoms with Crippen LogP contribution in [0.2, 0.25) is 5.02 Å². The SMILES string of the molecule is CC1CCCCC1(CN)NS(=O)(=O)c1c[nH]c2nccc(Cl)c12. The van der Waals surface area contributed by atoms with E-state index in [1.807, 2.05) is 0 Å². The van der Waals surface area contributed by atoms with E-state index in [0.717, 1.165) is 25.7 Å². The highest BCUT2D eigenvalue weighted by molar-refractivity contribution is 7.89. The van der Waals surface area contributed by atoms with Gasteiger partial charge in [-0.05, 0) is 24.8 Å². The summed E-state index contributed by atoms with van der Waals surface area (Å²) in [5, 5.41) is 0.771. The van der Waals surface area contributed by atoms with Crippen molar-refractivity contribution in [3.05, 3.63) is 23.5 Å². The minimum atomic E-state index is -3.75. The highest BCUT2D eigenvalue weighted by Crippen LogP contribution is 2.35. The summed E-state index contributed by atoms with van der Waals surface area (Å²) in [4.78, 5) is 7.11. The number of nitrogens with two attached hydrogens (primary N) is 1. The lowest BCUT2D eigenvalue weighted by Crippen LogP contribution is -2.58. The number of H-pyrrole nitrogens is 1. The van der Waals surface area contributed by atoms with Crippen LogP contribution in [0.15, 0.2) is 23.4 Å². The number of hydrogen-bond donors (Lipinski definition) is 3. The van der Waals surface area contributed by atoms with Gasteiger partial charge in [0, 0.05) is 24.5 Å².